The van der Waals surface area contributed by atoms with Crippen molar-refractivity contribution in [3.05, 3.63) is 62.4 Å². The van der Waals surface area contributed by atoms with Crippen molar-refractivity contribution in [2.24, 2.45) is 0 Å². The first-order valence-electron chi connectivity index (χ1n) is 5.24. The number of anilines is 2. The van der Waals surface area contributed by atoms with Gasteiger partial charge in [-0.25, -0.2) is 13.2 Å². The molecular weight excluding hydrogens is 341 g/mol. The van der Waals surface area contributed by atoms with Crippen LogP contribution in [-0.4, -0.2) is 4.92 Å². The molecule has 20 heavy (non-hydrogen) atoms. The summed E-state index contributed by atoms with van der Waals surface area (Å²) >= 11 is 2.97. The van der Waals surface area contributed by atoms with Crippen LogP contribution >= 0.6 is 15.9 Å². The smallest absolute Gasteiger partial charge is 0.288 e. The predicted octanol–water partition coefficient (Wildman–Crippen LogP) is 4.52. The van der Waals surface area contributed by atoms with Crippen molar-refractivity contribution in [2.75, 3.05) is 5.32 Å². The molecule has 0 fully saturated rings. The van der Waals surface area contributed by atoms with Gasteiger partial charge in [0, 0.05) is 11.8 Å². The Morgan fingerprint density at radius 2 is 1.80 bits per heavy atom. The van der Waals surface area contributed by atoms with E-state index in [1.54, 1.807) is 0 Å². The van der Waals surface area contributed by atoms with E-state index >= 15 is 0 Å². The van der Waals surface area contributed by atoms with Crippen molar-refractivity contribution in [1.82, 2.24) is 0 Å². The maximum absolute atomic E-state index is 13.3. The third-order valence-electron chi connectivity index (χ3n) is 2.41. The summed E-state index contributed by atoms with van der Waals surface area (Å²) in [5.74, 6) is -2.94. The lowest BCUT2D eigenvalue weighted by molar-refractivity contribution is -0.385. The second-order valence-corrected chi connectivity index (χ2v) is 4.59. The fourth-order valence-corrected chi connectivity index (χ4v) is 2.00. The van der Waals surface area contributed by atoms with E-state index in [9.17, 15) is 23.3 Å². The summed E-state index contributed by atoms with van der Waals surface area (Å²) in [7, 11) is 0. The highest BCUT2D eigenvalue weighted by atomic mass is 79.9. The fraction of sp³-hybridized carbons (Fsp3) is 0. The number of nitrogens with zero attached hydrogens (tertiary/aromatic N) is 1. The summed E-state index contributed by atoms with van der Waals surface area (Å²) in [5.41, 5.74) is -0.317. The molecule has 4 nitrogen and oxygen atoms in total. The summed E-state index contributed by atoms with van der Waals surface area (Å²) in [4.78, 5) is 9.99. The van der Waals surface area contributed by atoms with Gasteiger partial charge in [-0.1, -0.05) is 0 Å². The molecule has 0 amide bonds. The van der Waals surface area contributed by atoms with E-state index < -0.39 is 28.1 Å². The molecule has 0 saturated carbocycles. The van der Waals surface area contributed by atoms with Crippen LogP contribution in [0.15, 0.2) is 34.8 Å². The zero-order valence-corrected chi connectivity index (χ0v) is 11.2. The Morgan fingerprint density at radius 3 is 2.40 bits per heavy atom. The monoisotopic (exact) mass is 346 g/mol. The standard InChI is InChI=1S/C12H6BrF3N2O2/c13-12-10(3-6(14)4-11(12)18(19)20)17-7-1-2-8(15)9(16)5-7/h1-5,17H. The third-order valence-corrected chi connectivity index (χ3v) is 3.25. The van der Waals surface area contributed by atoms with Crippen LogP contribution in [0.5, 0.6) is 0 Å². The van der Waals surface area contributed by atoms with Crippen molar-refractivity contribution in [3.8, 4) is 0 Å². The van der Waals surface area contributed by atoms with E-state index in [4.69, 9.17) is 0 Å². The highest BCUT2D eigenvalue weighted by molar-refractivity contribution is 9.10. The van der Waals surface area contributed by atoms with Crippen LogP contribution in [0, 0.1) is 27.6 Å². The van der Waals surface area contributed by atoms with Crippen LogP contribution in [0.4, 0.5) is 30.2 Å². The predicted molar refractivity (Wildman–Crippen MR) is 70.4 cm³/mol. The molecular formula is C12H6BrF3N2O2. The van der Waals surface area contributed by atoms with E-state index in [0.717, 1.165) is 24.3 Å². The molecule has 8 heteroatoms. The summed E-state index contributed by atoms with van der Waals surface area (Å²) in [6, 6.07) is 4.72. The first-order chi connectivity index (χ1) is 9.38. The van der Waals surface area contributed by atoms with Crippen molar-refractivity contribution in [2.45, 2.75) is 0 Å². The number of hydrogen-bond donors (Lipinski definition) is 1. The number of hydrogen-bond acceptors (Lipinski definition) is 3. The molecule has 0 heterocycles. The molecule has 0 atom stereocenters. The van der Waals surface area contributed by atoms with Crippen LogP contribution in [0.25, 0.3) is 0 Å². The summed E-state index contributed by atoms with van der Waals surface area (Å²) in [6.07, 6.45) is 0. The van der Waals surface area contributed by atoms with Gasteiger partial charge in [0.05, 0.1) is 16.7 Å². The van der Waals surface area contributed by atoms with Gasteiger partial charge in [-0.05, 0) is 34.1 Å². The van der Waals surface area contributed by atoms with E-state index in [1.165, 1.54) is 6.07 Å². The zero-order chi connectivity index (χ0) is 14.9. The van der Waals surface area contributed by atoms with Gasteiger partial charge >= 0.3 is 0 Å². The Bertz CT molecular complexity index is 695. The van der Waals surface area contributed by atoms with Crippen molar-refractivity contribution < 1.29 is 18.1 Å². The van der Waals surface area contributed by atoms with Crippen molar-refractivity contribution in [3.63, 3.8) is 0 Å². The van der Waals surface area contributed by atoms with Gasteiger partial charge in [-0.2, -0.15) is 0 Å². The minimum Gasteiger partial charge on any atom is -0.354 e. The second-order valence-electron chi connectivity index (χ2n) is 3.80. The van der Waals surface area contributed by atoms with Gasteiger partial charge in [0.1, 0.15) is 10.3 Å². The number of nitrogens with one attached hydrogen (secondary N) is 1. The average molecular weight is 347 g/mol. The normalized spacial score (nSPS) is 10.4. The van der Waals surface area contributed by atoms with E-state index in [1.807, 2.05) is 0 Å². The molecule has 104 valence electrons. The van der Waals surface area contributed by atoms with Gasteiger partial charge in [-0.3, -0.25) is 10.1 Å². The van der Waals surface area contributed by atoms with Gasteiger partial charge in [-0.15, -0.1) is 0 Å². The number of halogens is 4. The Morgan fingerprint density at radius 1 is 1.10 bits per heavy atom. The maximum atomic E-state index is 13.3. The van der Waals surface area contributed by atoms with Crippen molar-refractivity contribution in [1.29, 1.82) is 0 Å². The molecule has 2 rings (SSSR count). The molecule has 0 aromatic heterocycles. The minimum atomic E-state index is -1.09. The molecule has 0 unspecified atom stereocenters. The van der Waals surface area contributed by atoms with Gasteiger partial charge in [0.15, 0.2) is 11.6 Å². The first kappa shape index (κ1) is 14.3. The summed E-state index contributed by atoms with van der Waals surface area (Å²) < 4.78 is 39.2. The topological polar surface area (TPSA) is 55.2 Å². The second kappa shape index (κ2) is 5.49. The van der Waals surface area contributed by atoms with Crippen LogP contribution in [0.2, 0.25) is 0 Å². The minimum absolute atomic E-state index is 0.00799. The van der Waals surface area contributed by atoms with Crippen molar-refractivity contribution >= 4 is 33.0 Å². The Labute approximate surface area is 119 Å². The SMILES string of the molecule is O=[N+]([O-])c1cc(F)cc(Nc2ccc(F)c(F)c2)c1Br. The molecule has 2 aromatic carbocycles. The Hall–Kier alpha value is -2.09. The van der Waals surface area contributed by atoms with Crippen LogP contribution < -0.4 is 5.32 Å². The molecule has 0 bridgehead atoms. The number of rotatable bonds is 3. The Balaban J connectivity index is 2.43. The quantitative estimate of drug-likeness (QED) is 0.656. The van der Waals surface area contributed by atoms with Crippen LogP contribution in [0.1, 0.15) is 0 Å². The average Bonchev–Trinajstić information content (AvgIpc) is 2.37. The highest BCUT2D eigenvalue weighted by Gasteiger charge is 2.18. The highest BCUT2D eigenvalue weighted by Crippen LogP contribution is 2.35. The van der Waals surface area contributed by atoms with Gasteiger partial charge in [0.25, 0.3) is 5.69 Å². The molecule has 0 saturated heterocycles. The lowest BCUT2D eigenvalue weighted by atomic mass is 10.2. The van der Waals surface area contributed by atoms with E-state index in [0.29, 0.717) is 0 Å². The number of benzene rings is 2. The van der Waals surface area contributed by atoms with E-state index in [-0.39, 0.29) is 15.8 Å². The van der Waals surface area contributed by atoms with Gasteiger partial charge in [0.2, 0.25) is 0 Å². The first-order valence-corrected chi connectivity index (χ1v) is 6.03. The molecule has 0 spiro atoms. The number of nitro groups is 1. The van der Waals surface area contributed by atoms with Crippen LogP contribution in [-0.2, 0) is 0 Å². The van der Waals surface area contributed by atoms with Crippen LogP contribution in [0.3, 0.4) is 0 Å². The third kappa shape index (κ3) is 2.90. The lowest BCUT2D eigenvalue weighted by Crippen LogP contribution is -1.98. The zero-order valence-electron chi connectivity index (χ0n) is 9.66. The summed E-state index contributed by atoms with van der Waals surface area (Å²) in [5, 5.41) is 13.3. The molecule has 0 aliphatic rings. The maximum Gasteiger partial charge on any atom is 0.288 e. The summed E-state index contributed by atoms with van der Waals surface area (Å²) in [6.45, 7) is 0. The molecule has 0 aliphatic carbocycles. The van der Waals surface area contributed by atoms with Gasteiger partial charge < -0.3 is 5.32 Å². The largest absolute Gasteiger partial charge is 0.354 e. The Kier molecular flexibility index (Phi) is 3.93. The lowest BCUT2D eigenvalue weighted by Gasteiger charge is -2.09. The van der Waals surface area contributed by atoms with E-state index in [2.05, 4.69) is 21.2 Å². The molecule has 1 N–H and O–H groups in total. The molecule has 0 aliphatic heterocycles. The molecule has 2 aromatic rings. The number of nitro benzene ring substituents is 1. The fourth-order valence-electron chi connectivity index (χ4n) is 1.53. The molecule has 0 radical (unpaired) electrons.